The number of nitrogens with zero attached hydrogens (tertiary/aromatic N) is 2. The van der Waals surface area contributed by atoms with Crippen LogP contribution in [0.4, 0.5) is 4.39 Å². The molecular weight excluding hydrogens is 333 g/mol. The smallest absolute Gasteiger partial charge is 0.137 e. The molecule has 0 radical (unpaired) electrons. The van der Waals surface area contributed by atoms with Crippen LogP contribution in [0.3, 0.4) is 0 Å². The number of imidazole rings is 1. The van der Waals surface area contributed by atoms with E-state index in [0.29, 0.717) is 4.47 Å². The predicted molar refractivity (Wildman–Crippen MR) is 86.7 cm³/mol. The Kier molecular flexibility index (Phi) is 5.94. The number of hydrogen-bond donors (Lipinski definition) is 1. The van der Waals surface area contributed by atoms with Crippen LogP contribution in [0, 0.1) is 5.82 Å². The second-order valence-corrected chi connectivity index (χ2v) is 5.88. The third-order valence-electron chi connectivity index (χ3n) is 3.45. The lowest BCUT2D eigenvalue weighted by Gasteiger charge is -2.19. The average Bonchev–Trinajstić information content (AvgIpc) is 2.89. The Balaban J connectivity index is 2.22. The highest BCUT2D eigenvalue weighted by Gasteiger charge is 2.15. The lowest BCUT2D eigenvalue weighted by Crippen LogP contribution is -2.24. The quantitative estimate of drug-likeness (QED) is 0.812. The highest BCUT2D eigenvalue weighted by Crippen LogP contribution is 2.23. The monoisotopic (exact) mass is 353 g/mol. The standard InChI is InChI=1S/C16H21BrFN3/c1-3-8-21-9-7-20-16(21)11-15(19-4-2)12-5-6-14(18)13(17)10-12/h5-7,9-10,15,19H,3-4,8,11H2,1-2H3. The van der Waals surface area contributed by atoms with Crippen LogP contribution < -0.4 is 5.32 Å². The summed E-state index contributed by atoms with van der Waals surface area (Å²) in [5.74, 6) is 0.824. The van der Waals surface area contributed by atoms with E-state index in [2.05, 4.69) is 44.6 Å². The van der Waals surface area contributed by atoms with Crippen molar-refractivity contribution in [3.05, 3.63) is 52.3 Å². The molecule has 0 aliphatic heterocycles. The van der Waals surface area contributed by atoms with Crippen LogP contribution in [0.2, 0.25) is 0 Å². The van der Waals surface area contributed by atoms with Crippen LogP contribution in [0.25, 0.3) is 0 Å². The van der Waals surface area contributed by atoms with Gasteiger partial charge in [0.25, 0.3) is 0 Å². The molecule has 0 fully saturated rings. The van der Waals surface area contributed by atoms with Gasteiger partial charge in [-0.25, -0.2) is 9.37 Å². The van der Waals surface area contributed by atoms with Gasteiger partial charge in [0.15, 0.2) is 0 Å². The van der Waals surface area contributed by atoms with Gasteiger partial charge >= 0.3 is 0 Å². The first-order valence-corrected chi connectivity index (χ1v) is 8.13. The molecule has 3 nitrogen and oxygen atoms in total. The van der Waals surface area contributed by atoms with E-state index < -0.39 is 0 Å². The Hall–Kier alpha value is -1.20. The van der Waals surface area contributed by atoms with Gasteiger partial charge in [-0.3, -0.25) is 0 Å². The molecule has 0 bridgehead atoms. The fraction of sp³-hybridized carbons (Fsp3) is 0.438. The molecule has 0 saturated heterocycles. The zero-order valence-electron chi connectivity index (χ0n) is 12.4. The highest BCUT2D eigenvalue weighted by molar-refractivity contribution is 9.10. The van der Waals surface area contributed by atoms with Gasteiger partial charge in [-0.05, 0) is 46.6 Å². The summed E-state index contributed by atoms with van der Waals surface area (Å²) in [6, 6.07) is 5.31. The summed E-state index contributed by atoms with van der Waals surface area (Å²) in [6.07, 6.45) is 5.73. The van der Waals surface area contributed by atoms with Gasteiger partial charge in [-0.15, -0.1) is 0 Å². The van der Waals surface area contributed by atoms with E-state index in [9.17, 15) is 4.39 Å². The van der Waals surface area contributed by atoms with Crippen LogP contribution in [0.15, 0.2) is 35.1 Å². The summed E-state index contributed by atoms with van der Waals surface area (Å²) in [7, 11) is 0. The first-order valence-electron chi connectivity index (χ1n) is 7.34. The predicted octanol–water partition coefficient (Wildman–Crippen LogP) is 4.09. The van der Waals surface area contributed by atoms with Gasteiger partial charge in [0, 0.05) is 31.4 Å². The van der Waals surface area contributed by atoms with Gasteiger partial charge in [-0.2, -0.15) is 0 Å². The number of nitrogens with one attached hydrogen (secondary N) is 1. The van der Waals surface area contributed by atoms with Gasteiger partial charge in [0.05, 0.1) is 4.47 Å². The van der Waals surface area contributed by atoms with E-state index in [-0.39, 0.29) is 11.9 Å². The minimum atomic E-state index is -0.235. The van der Waals surface area contributed by atoms with Gasteiger partial charge in [0.2, 0.25) is 0 Å². The topological polar surface area (TPSA) is 29.9 Å². The van der Waals surface area contributed by atoms with Gasteiger partial charge < -0.3 is 9.88 Å². The van der Waals surface area contributed by atoms with Gasteiger partial charge in [-0.1, -0.05) is 19.9 Å². The van der Waals surface area contributed by atoms with Crippen molar-refractivity contribution in [1.29, 1.82) is 0 Å². The second kappa shape index (κ2) is 7.71. The first-order chi connectivity index (χ1) is 10.2. The van der Waals surface area contributed by atoms with E-state index >= 15 is 0 Å². The number of benzene rings is 1. The van der Waals surface area contributed by atoms with Crippen molar-refractivity contribution < 1.29 is 4.39 Å². The molecule has 2 rings (SSSR count). The lowest BCUT2D eigenvalue weighted by molar-refractivity contribution is 0.514. The van der Waals surface area contributed by atoms with Crippen molar-refractivity contribution in [3.63, 3.8) is 0 Å². The summed E-state index contributed by atoms with van der Waals surface area (Å²) in [5.41, 5.74) is 1.07. The molecular formula is C16H21BrFN3. The molecule has 5 heteroatoms. The third-order valence-corrected chi connectivity index (χ3v) is 4.06. The summed E-state index contributed by atoms with van der Waals surface area (Å²) in [5, 5.41) is 3.46. The van der Waals surface area contributed by atoms with E-state index in [1.165, 1.54) is 6.07 Å². The molecule has 114 valence electrons. The van der Waals surface area contributed by atoms with Crippen LogP contribution in [-0.2, 0) is 13.0 Å². The van der Waals surface area contributed by atoms with Crippen molar-refractivity contribution in [1.82, 2.24) is 14.9 Å². The molecule has 1 N–H and O–H groups in total. The fourth-order valence-corrected chi connectivity index (χ4v) is 2.84. The first kappa shape index (κ1) is 16.2. The van der Waals surface area contributed by atoms with Crippen molar-refractivity contribution in [3.8, 4) is 0 Å². The largest absolute Gasteiger partial charge is 0.335 e. The molecule has 1 atom stereocenters. The molecule has 1 heterocycles. The molecule has 0 spiro atoms. The van der Waals surface area contributed by atoms with E-state index in [4.69, 9.17) is 0 Å². The summed E-state index contributed by atoms with van der Waals surface area (Å²) < 4.78 is 16.1. The maximum Gasteiger partial charge on any atom is 0.137 e. The van der Waals surface area contributed by atoms with Crippen LogP contribution in [-0.4, -0.2) is 16.1 Å². The molecule has 0 aliphatic rings. The van der Waals surface area contributed by atoms with Crippen molar-refractivity contribution in [2.45, 2.75) is 39.3 Å². The number of rotatable bonds is 7. The van der Waals surface area contributed by atoms with E-state index in [0.717, 1.165) is 37.3 Å². The maximum atomic E-state index is 13.4. The molecule has 1 unspecified atom stereocenters. The fourth-order valence-electron chi connectivity index (χ4n) is 2.44. The third kappa shape index (κ3) is 4.14. The number of halogens is 2. The minimum Gasteiger partial charge on any atom is -0.335 e. The second-order valence-electron chi connectivity index (χ2n) is 5.02. The Bertz CT molecular complexity index is 583. The van der Waals surface area contributed by atoms with Crippen LogP contribution in [0.5, 0.6) is 0 Å². The molecule has 0 saturated carbocycles. The number of likely N-dealkylation sites (N-methyl/N-ethyl adjacent to an activating group) is 1. The SMILES string of the molecule is CCCn1ccnc1CC(NCC)c1ccc(F)c(Br)c1. The summed E-state index contributed by atoms with van der Waals surface area (Å²) in [6.45, 7) is 6.06. The van der Waals surface area contributed by atoms with Crippen molar-refractivity contribution in [2.75, 3.05) is 6.54 Å². The molecule has 1 aromatic heterocycles. The summed E-state index contributed by atoms with van der Waals surface area (Å²) >= 11 is 3.26. The summed E-state index contributed by atoms with van der Waals surface area (Å²) in [4.78, 5) is 4.46. The van der Waals surface area contributed by atoms with E-state index in [1.807, 2.05) is 24.5 Å². The molecule has 1 aromatic carbocycles. The zero-order valence-corrected chi connectivity index (χ0v) is 14.0. The molecule has 21 heavy (non-hydrogen) atoms. The number of aryl methyl sites for hydroxylation is 1. The Morgan fingerprint density at radius 1 is 1.38 bits per heavy atom. The van der Waals surface area contributed by atoms with E-state index in [1.54, 1.807) is 0 Å². The highest BCUT2D eigenvalue weighted by atomic mass is 79.9. The molecule has 0 aliphatic carbocycles. The number of hydrogen-bond acceptors (Lipinski definition) is 2. The maximum absolute atomic E-state index is 13.4. The Labute approximate surface area is 133 Å². The lowest BCUT2D eigenvalue weighted by atomic mass is 10.0. The Morgan fingerprint density at radius 2 is 2.19 bits per heavy atom. The van der Waals surface area contributed by atoms with Crippen LogP contribution in [0.1, 0.15) is 37.7 Å². The van der Waals surface area contributed by atoms with Crippen molar-refractivity contribution >= 4 is 15.9 Å². The zero-order chi connectivity index (χ0) is 15.2. The minimum absolute atomic E-state index is 0.130. The average molecular weight is 354 g/mol. The van der Waals surface area contributed by atoms with Crippen LogP contribution >= 0.6 is 15.9 Å². The van der Waals surface area contributed by atoms with Gasteiger partial charge in [0.1, 0.15) is 11.6 Å². The molecule has 0 amide bonds. The van der Waals surface area contributed by atoms with Crippen molar-refractivity contribution in [2.24, 2.45) is 0 Å². The number of aromatic nitrogens is 2. The molecule has 2 aromatic rings. The Morgan fingerprint density at radius 3 is 2.86 bits per heavy atom. The normalized spacial score (nSPS) is 12.6.